The number of esters is 1. The Hall–Kier alpha value is -3.20. The molecule has 0 spiro atoms. The molecule has 0 bridgehead atoms. The molecule has 2 amide bonds. The summed E-state index contributed by atoms with van der Waals surface area (Å²) in [6, 6.07) is 12.2. The molecule has 0 saturated heterocycles. The van der Waals surface area contributed by atoms with Crippen LogP contribution in [0.1, 0.15) is 43.0 Å². The standard InChI is InChI=1S/C25H28N2O6S/c1-16-6-2-4-8-19(16)27-23(28)13-31-25(30)18-7-3-5-9-22(18)34-14-24(29)26-17-10-11-20-21(12-17)33-15-32-20/h3,5,7,9-12,16,19H,2,4,6,8,13-15H2,1H3,(H,26,29)(H,27,28). The zero-order chi connectivity index (χ0) is 23.9. The van der Waals surface area contributed by atoms with Gasteiger partial charge in [-0.1, -0.05) is 31.9 Å². The molecule has 0 aromatic heterocycles. The number of hydrogen-bond donors (Lipinski definition) is 2. The molecule has 1 heterocycles. The Balaban J connectivity index is 1.27. The molecule has 8 nitrogen and oxygen atoms in total. The monoisotopic (exact) mass is 484 g/mol. The molecule has 2 N–H and O–H groups in total. The highest BCUT2D eigenvalue weighted by Crippen LogP contribution is 2.34. The molecule has 0 radical (unpaired) electrons. The largest absolute Gasteiger partial charge is 0.454 e. The van der Waals surface area contributed by atoms with E-state index in [1.807, 2.05) is 0 Å². The van der Waals surface area contributed by atoms with Gasteiger partial charge in [0.25, 0.3) is 5.91 Å². The van der Waals surface area contributed by atoms with E-state index in [2.05, 4.69) is 17.6 Å². The SMILES string of the molecule is CC1CCCCC1NC(=O)COC(=O)c1ccccc1SCC(=O)Nc1ccc2c(c1)OCO2. The molecule has 2 atom stereocenters. The van der Waals surface area contributed by atoms with Crippen molar-refractivity contribution in [2.24, 2.45) is 5.92 Å². The minimum atomic E-state index is -0.592. The lowest BCUT2D eigenvalue weighted by Crippen LogP contribution is -2.42. The smallest absolute Gasteiger partial charge is 0.339 e. The molecule has 4 rings (SSSR count). The molecular formula is C25H28N2O6S. The predicted octanol–water partition coefficient (Wildman–Crippen LogP) is 4.00. The van der Waals surface area contributed by atoms with Crippen LogP contribution in [0.25, 0.3) is 0 Å². The fraction of sp³-hybridized carbons (Fsp3) is 0.400. The molecule has 34 heavy (non-hydrogen) atoms. The molecular weight excluding hydrogens is 456 g/mol. The summed E-state index contributed by atoms with van der Waals surface area (Å²) in [6.45, 7) is 1.97. The van der Waals surface area contributed by atoms with Crippen LogP contribution in [0.3, 0.4) is 0 Å². The Morgan fingerprint density at radius 2 is 1.82 bits per heavy atom. The number of thioether (sulfide) groups is 1. The van der Waals surface area contributed by atoms with Crippen molar-refractivity contribution >= 4 is 35.2 Å². The van der Waals surface area contributed by atoms with Crippen LogP contribution in [0.4, 0.5) is 5.69 Å². The molecule has 2 aliphatic rings. The van der Waals surface area contributed by atoms with Gasteiger partial charge in [-0.15, -0.1) is 11.8 Å². The van der Waals surface area contributed by atoms with Crippen molar-refractivity contribution in [3.05, 3.63) is 48.0 Å². The van der Waals surface area contributed by atoms with Crippen molar-refractivity contribution in [3.8, 4) is 11.5 Å². The van der Waals surface area contributed by atoms with Gasteiger partial charge in [0.05, 0.1) is 11.3 Å². The maximum Gasteiger partial charge on any atom is 0.339 e. The number of fused-ring (bicyclic) bond motifs is 1. The number of nitrogens with one attached hydrogen (secondary N) is 2. The van der Waals surface area contributed by atoms with Gasteiger partial charge in [0.15, 0.2) is 18.1 Å². The van der Waals surface area contributed by atoms with Gasteiger partial charge in [0.2, 0.25) is 12.7 Å². The van der Waals surface area contributed by atoms with Crippen LogP contribution < -0.4 is 20.1 Å². The summed E-state index contributed by atoms with van der Waals surface area (Å²) in [4.78, 5) is 37.9. The van der Waals surface area contributed by atoms with Crippen molar-refractivity contribution < 1.29 is 28.6 Å². The number of hydrogen-bond acceptors (Lipinski definition) is 7. The first-order valence-corrected chi connectivity index (χ1v) is 12.4. The first kappa shape index (κ1) is 23.9. The third-order valence-corrected chi connectivity index (χ3v) is 6.99. The van der Waals surface area contributed by atoms with E-state index in [4.69, 9.17) is 14.2 Å². The minimum Gasteiger partial charge on any atom is -0.454 e. The van der Waals surface area contributed by atoms with Crippen molar-refractivity contribution in [2.75, 3.05) is 24.5 Å². The molecule has 9 heteroatoms. The van der Waals surface area contributed by atoms with Gasteiger partial charge >= 0.3 is 5.97 Å². The molecule has 1 fully saturated rings. The van der Waals surface area contributed by atoms with E-state index >= 15 is 0 Å². The topological polar surface area (TPSA) is 103 Å². The summed E-state index contributed by atoms with van der Waals surface area (Å²) >= 11 is 1.22. The normalized spacial score (nSPS) is 18.7. The fourth-order valence-corrected chi connectivity index (χ4v) is 4.90. The lowest BCUT2D eigenvalue weighted by Gasteiger charge is -2.29. The minimum absolute atomic E-state index is 0.0960. The second kappa shape index (κ2) is 11.3. The number of benzene rings is 2. The summed E-state index contributed by atoms with van der Waals surface area (Å²) in [5.41, 5.74) is 0.919. The van der Waals surface area contributed by atoms with E-state index in [9.17, 15) is 14.4 Å². The first-order valence-electron chi connectivity index (χ1n) is 11.4. The highest BCUT2D eigenvalue weighted by molar-refractivity contribution is 8.00. The van der Waals surface area contributed by atoms with Gasteiger partial charge in [-0.25, -0.2) is 4.79 Å². The summed E-state index contributed by atoms with van der Waals surface area (Å²) in [5.74, 6) is 0.634. The molecule has 1 aliphatic carbocycles. The molecule has 2 aromatic rings. The maximum absolute atomic E-state index is 12.6. The Morgan fingerprint density at radius 1 is 1.03 bits per heavy atom. The first-order chi connectivity index (χ1) is 16.5. The molecule has 1 saturated carbocycles. The molecule has 2 aromatic carbocycles. The number of ether oxygens (including phenoxy) is 3. The van der Waals surface area contributed by atoms with Crippen molar-refractivity contribution in [1.82, 2.24) is 5.32 Å². The second-order valence-electron chi connectivity index (χ2n) is 8.41. The highest BCUT2D eigenvalue weighted by Gasteiger charge is 2.23. The van der Waals surface area contributed by atoms with Gasteiger partial charge in [-0.2, -0.15) is 0 Å². The average Bonchev–Trinajstić information content (AvgIpc) is 3.31. The van der Waals surface area contributed by atoms with Crippen molar-refractivity contribution in [2.45, 2.75) is 43.5 Å². The number of carbonyl (C=O) groups is 3. The zero-order valence-corrected chi connectivity index (χ0v) is 19.8. The number of carbonyl (C=O) groups excluding carboxylic acids is 3. The Kier molecular flexibility index (Phi) is 7.95. The fourth-order valence-electron chi connectivity index (χ4n) is 4.06. The van der Waals surface area contributed by atoms with E-state index in [0.29, 0.717) is 33.6 Å². The van der Waals surface area contributed by atoms with Crippen molar-refractivity contribution in [3.63, 3.8) is 0 Å². The van der Waals surface area contributed by atoms with Crippen LogP contribution in [0.5, 0.6) is 11.5 Å². The molecule has 180 valence electrons. The molecule has 1 aliphatic heterocycles. The number of rotatable bonds is 8. The van der Waals surface area contributed by atoms with E-state index in [1.54, 1.807) is 42.5 Å². The van der Waals surface area contributed by atoms with Gasteiger partial charge in [0.1, 0.15) is 0 Å². The number of anilines is 1. The quantitative estimate of drug-likeness (QED) is 0.431. The maximum atomic E-state index is 12.6. The van der Waals surface area contributed by atoms with E-state index < -0.39 is 5.97 Å². The van der Waals surface area contributed by atoms with Crippen LogP contribution in [0.2, 0.25) is 0 Å². The van der Waals surface area contributed by atoms with Crippen LogP contribution >= 0.6 is 11.8 Å². The van der Waals surface area contributed by atoms with Crippen LogP contribution in [-0.4, -0.2) is 43.0 Å². The van der Waals surface area contributed by atoms with Gasteiger partial charge < -0.3 is 24.8 Å². The Morgan fingerprint density at radius 3 is 2.68 bits per heavy atom. The van der Waals surface area contributed by atoms with E-state index in [-0.39, 0.29) is 37.0 Å². The summed E-state index contributed by atoms with van der Waals surface area (Å²) < 4.78 is 15.9. The highest BCUT2D eigenvalue weighted by atomic mass is 32.2. The van der Waals surface area contributed by atoms with Crippen molar-refractivity contribution in [1.29, 1.82) is 0 Å². The third-order valence-electron chi connectivity index (χ3n) is 5.91. The summed E-state index contributed by atoms with van der Waals surface area (Å²) in [5, 5.41) is 5.79. The molecule has 2 unspecified atom stereocenters. The Labute approximate surface area is 202 Å². The zero-order valence-electron chi connectivity index (χ0n) is 19.0. The van der Waals surface area contributed by atoms with E-state index in [1.165, 1.54) is 18.2 Å². The van der Waals surface area contributed by atoms with Gasteiger partial charge in [-0.05, 0) is 43.0 Å². The van der Waals surface area contributed by atoms with Crippen LogP contribution in [-0.2, 0) is 14.3 Å². The summed E-state index contributed by atoms with van der Waals surface area (Å²) in [7, 11) is 0. The predicted molar refractivity (Wildman–Crippen MR) is 128 cm³/mol. The van der Waals surface area contributed by atoms with Crippen LogP contribution in [0.15, 0.2) is 47.4 Å². The van der Waals surface area contributed by atoms with E-state index in [0.717, 1.165) is 19.3 Å². The van der Waals surface area contributed by atoms with Gasteiger partial charge in [0, 0.05) is 22.7 Å². The average molecular weight is 485 g/mol. The Bertz CT molecular complexity index is 1060. The summed E-state index contributed by atoms with van der Waals surface area (Å²) in [6.07, 6.45) is 4.33. The lowest BCUT2D eigenvalue weighted by molar-refractivity contribution is -0.125. The third kappa shape index (κ3) is 6.22. The lowest BCUT2D eigenvalue weighted by atomic mass is 9.86. The van der Waals surface area contributed by atoms with Crippen LogP contribution in [0, 0.1) is 5.92 Å². The number of amides is 2. The van der Waals surface area contributed by atoms with Gasteiger partial charge in [-0.3, -0.25) is 9.59 Å². The second-order valence-corrected chi connectivity index (χ2v) is 9.43.